The summed E-state index contributed by atoms with van der Waals surface area (Å²) in [6, 6.07) is 10.2. The predicted molar refractivity (Wildman–Crippen MR) is 140 cm³/mol. The number of likely N-dealkylation sites (tertiary alicyclic amines) is 1. The number of carbonyl (C=O) groups is 1. The van der Waals surface area contributed by atoms with E-state index >= 15 is 0 Å². The van der Waals surface area contributed by atoms with Crippen molar-refractivity contribution in [1.29, 1.82) is 5.26 Å². The second-order valence-corrected chi connectivity index (χ2v) is 10.1. The molecule has 1 N–H and O–H groups in total. The van der Waals surface area contributed by atoms with Crippen LogP contribution in [0.15, 0.2) is 30.3 Å². The Hall–Kier alpha value is -4.04. The van der Waals surface area contributed by atoms with Crippen LogP contribution in [-0.2, 0) is 6.54 Å². The molecule has 0 spiro atoms. The maximum atomic E-state index is 13.5. The van der Waals surface area contributed by atoms with Crippen LogP contribution in [0.3, 0.4) is 0 Å². The van der Waals surface area contributed by atoms with Gasteiger partial charge in [0.25, 0.3) is 0 Å². The van der Waals surface area contributed by atoms with Crippen molar-refractivity contribution in [3.8, 4) is 17.3 Å². The molecule has 0 atom stereocenters. The van der Waals surface area contributed by atoms with Crippen molar-refractivity contribution < 1.29 is 14.3 Å². The summed E-state index contributed by atoms with van der Waals surface area (Å²) in [4.78, 5) is 24.9. The third-order valence-corrected chi connectivity index (χ3v) is 7.84. The molecule has 0 bridgehead atoms. The fourth-order valence-corrected chi connectivity index (χ4v) is 5.66. The van der Waals surface area contributed by atoms with Crippen LogP contribution in [0, 0.1) is 24.1 Å². The lowest BCUT2D eigenvalue weighted by atomic mass is 9.92. The molecular formula is C26H26FN7O2S. The topological polar surface area (TPSA) is 111 Å². The number of amides is 1. The number of pyridine rings is 1. The molecule has 0 radical (unpaired) electrons. The van der Waals surface area contributed by atoms with E-state index in [4.69, 9.17) is 15.1 Å². The summed E-state index contributed by atoms with van der Waals surface area (Å²) in [5.41, 5.74) is 4.67. The summed E-state index contributed by atoms with van der Waals surface area (Å²) in [6.07, 6.45) is 0.554. The van der Waals surface area contributed by atoms with E-state index in [1.165, 1.54) is 28.4 Å². The van der Waals surface area contributed by atoms with Gasteiger partial charge in [-0.3, -0.25) is 0 Å². The van der Waals surface area contributed by atoms with E-state index in [1.54, 1.807) is 12.1 Å². The van der Waals surface area contributed by atoms with Crippen LogP contribution >= 0.6 is 11.3 Å². The minimum atomic E-state index is -0.883. The summed E-state index contributed by atoms with van der Waals surface area (Å²) >= 11 is 1.26. The average Bonchev–Trinajstić information content (AvgIpc) is 3.51. The molecule has 9 nitrogen and oxygen atoms in total. The number of aryl methyl sites for hydroxylation is 2. The molecule has 1 saturated heterocycles. The first-order chi connectivity index (χ1) is 17.8. The number of hydrogen-bond acceptors (Lipinski definition) is 7. The molecule has 1 aliphatic rings. The van der Waals surface area contributed by atoms with Gasteiger partial charge in [0, 0.05) is 43.9 Å². The fraction of sp³-hybridized carbons (Fsp3) is 0.346. The third kappa shape index (κ3) is 4.49. The number of anilines is 2. The van der Waals surface area contributed by atoms with Gasteiger partial charge in [-0.05, 0) is 62.6 Å². The lowest BCUT2D eigenvalue weighted by Crippen LogP contribution is -2.37. The Morgan fingerprint density at radius 1 is 1.24 bits per heavy atom. The molecule has 1 aliphatic heterocycles. The standard InChI is InChI=1S/C26H26FN7O2S/c1-4-34-24(32(3)25-30-22(20(14-28)37-25)17-5-7-18(27)8-6-17)23-21(31-34)15(2)13-19(29-23)16-9-11-33(12-10-16)26(35)36/h5-8,13,16H,4,9-12H2,1-3H3,(H,35,36). The Labute approximate surface area is 217 Å². The van der Waals surface area contributed by atoms with E-state index < -0.39 is 6.09 Å². The van der Waals surface area contributed by atoms with Crippen LogP contribution in [0.1, 0.15) is 41.8 Å². The number of carboxylic acid groups (broad SMARTS) is 1. The molecule has 1 aromatic carbocycles. The lowest BCUT2D eigenvalue weighted by molar-refractivity contribution is 0.132. The van der Waals surface area contributed by atoms with Crippen molar-refractivity contribution in [2.75, 3.05) is 25.0 Å². The van der Waals surface area contributed by atoms with Gasteiger partial charge in [-0.2, -0.15) is 10.4 Å². The molecule has 190 valence electrons. The lowest BCUT2D eigenvalue weighted by Gasteiger charge is -2.29. The van der Waals surface area contributed by atoms with Gasteiger partial charge in [0.15, 0.2) is 10.9 Å². The van der Waals surface area contributed by atoms with Gasteiger partial charge in [-0.15, -0.1) is 0 Å². The highest BCUT2D eigenvalue weighted by molar-refractivity contribution is 7.16. The van der Waals surface area contributed by atoms with E-state index in [2.05, 4.69) is 12.1 Å². The van der Waals surface area contributed by atoms with Crippen molar-refractivity contribution in [2.24, 2.45) is 0 Å². The smallest absolute Gasteiger partial charge is 0.407 e. The van der Waals surface area contributed by atoms with E-state index in [1.807, 2.05) is 30.5 Å². The Morgan fingerprint density at radius 3 is 2.57 bits per heavy atom. The summed E-state index contributed by atoms with van der Waals surface area (Å²) in [5, 5.41) is 24.5. The molecule has 1 amide bonds. The zero-order valence-electron chi connectivity index (χ0n) is 20.8. The first-order valence-electron chi connectivity index (χ1n) is 12.1. The zero-order chi connectivity index (χ0) is 26.3. The summed E-state index contributed by atoms with van der Waals surface area (Å²) in [5.74, 6) is 0.588. The van der Waals surface area contributed by atoms with Crippen molar-refractivity contribution in [1.82, 2.24) is 24.6 Å². The van der Waals surface area contributed by atoms with Crippen molar-refractivity contribution in [3.63, 3.8) is 0 Å². The van der Waals surface area contributed by atoms with E-state index in [-0.39, 0.29) is 11.7 Å². The average molecular weight is 520 g/mol. The molecule has 4 aromatic rings. The SMILES string of the molecule is CCn1nc2c(C)cc(C3CCN(C(=O)O)CC3)nc2c1N(C)c1nc(-c2ccc(F)cc2)c(C#N)s1. The number of thiazole rings is 1. The first-order valence-corrected chi connectivity index (χ1v) is 12.9. The largest absolute Gasteiger partial charge is 0.465 e. The minimum absolute atomic E-state index is 0.164. The number of nitriles is 1. The van der Waals surface area contributed by atoms with Crippen LogP contribution in [-0.4, -0.2) is 56.0 Å². The Balaban J connectivity index is 1.56. The molecule has 3 aromatic heterocycles. The van der Waals surface area contributed by atoms with Gasteiger partial charge in [0.05, 0.1) is 0 Å². The highest BCUT2D eigenvalue weighted by atomic mass is 32.1. The zero-order valence-corrected chi connectivity index (χ0v) is 21.6. The second-order valence-electron chi connectivity index (χ2n) is 9.10. The number of aromatic nitrogens is 4. The van der Waals surface area contributed by atoms with Crippen LogP contribution < -0.4 is 4.90 Å². The van der Waals surface area contributed by atoms with Gasteiger partial charge >= 0.3 is 6.09 Å². The number of rotatable bonds is 5. The highest BCUT2D eigenvalue weighted by Crippen LogP contribution is 2.39. The van der Waals surface area contributed by atoms with E-state index in [0.717, 1.165) is 41.0 Å². The monoisotopic (exact) mass is 519 g/mol. The van der Waals surface area contributed by atoms with Gasteiger partial charge < -0.3 is 14.9 Å². The number of piperidine rings is 1. The van der Waals surface area contributed by atoms with Crippen molar-refractivity contribution in [2.45, 2.75) is 39.2 Å². The van der Waals surface area contributed by atoms with Crippen molar-refractivity contribution >= 4 is 39.4 Å². The maximum absolute atomic E-state index is 13.5. The summed E-state index contributed by atoms with van der Waals surface area (Å²) in [6.45, 7) is 5.61. The number of hydrogen-bond donors (Lipinski definition) is 1. The second kappa shape index (κ2) is 9.78. The molecule has 37 heavy (non-hydrogen) atoms. The molecule has 0 saturated carbocycles. The van der Waals surface area contributed by atoms with Gasteiger partial charge in [0.2, 0.25) is 0 Å². The fourth-order valence-electron chi connectivity index (χ4n) is 4.81. The Morgan fingerprint density at radius 2 is 1.95 bits per heavy atom. The first kappa shape index (κ1) is 24.6. The van der Waals surface area contributed by atoms with E-state index in [0.29, 0.717) is 40.9 Å². The summed E-state index contributed by atoms with van der Waals surface area (Å²) < 4.78 is 15.3. The minimum Gasteiger partial charge on any atom is -0.465 e. The molecule has 0 aliphatic carbocycles. The predicted octanol–water partition coefficient (Wildman–Crippen LogP) is 5.52. The quantitative estimate of drug-likeness (QED) is 0.370. The molecule has 1 fully saturated rings. The number of nitrogens with zero attached hydrogens (tertiary/aromatic N) is 7. The number of halogens is 1. The highest BCUT2D eigenvalue weighted by Gasteiger charge is 2.27. The van der Waals surface area contributed by atoms with Crippen LogP contribution in [0.25, 0.3) is 22.3 Å². The van der Waals surface area contributed by atoms with Crippen LogP contribution in [0.5, 0.6) is 0 Å². The maximum Gasteiger partial charge on any atom is 0.407 e. The van der Waals surface area contributed by atoms with Gasteiger partial charge in [0.1, 0.15) is 33.5 Å². The van der Waals surface area contributed by atoms with E-state index in [9.17, 15) is 19.6 Å². The normalized spacial score (nSPS) is 14.2. The van der Waals surface area contributed by atoms with Crippen LogP contribution in [0.4, 0.5) is 20.1 Å². The molecule has 5 rings (SSSR count). The molecule has 0 unspecified atom stereocenters. The number of benzene rings is 1. The van der Waals surface area contributed by atoms with Gasteiger partial charge in [-0.1, -0.05) is 11.3 Å². The number of fused-ring (bicyclic) bond motifs is 1. The van der Waals surface area contributed by atoms with Gasteiger partial charge in [-0.25, -0.2) is 23.8 Å². The Kier molecular flexibility index (Phi) is 6.52. The molecule has 11 heteroatoms. The molecular weight excluding hydrogens is 493 g/mol. The molecule has 4 heterocycles. The van der Waals surface area contributed by atoms with Crippen LogP contribution in [0.2, 0.25) is 0 Å². The third-order valence-electron chi connectivity index (χ3n) is 6.80. The van der Waals surface area contributed by atoms with Crippen molar-refractivity contribution in [3.05, 3.63) is 52.3 Å². The Bertz CT molecular complexity index is 1510. The summed E-state index contributed by atoms with van der Waals surface area (Å²) in [7, 11) is 1.88.